The first kappa shape index (κ1) is 17.9. The third-order valence-corrected chi connectivity index (χ3v) is 7.30. The van der Waals surface area contributed by atoms with Gasteiger partial charge in [0.1, 0.15) is 0 Å². The predicted molar refractivity (Wildman–Crippen MR) is 60.9 cm³/mol. The summed E-state index contributed by atoms with van der Waals surface area (Å²) in [4.78, 5) is 11.4. The zero-order valence-corrected chi connectivity index (χ0v) is 15.4. The Bertz CT molecular complexity index is 627. The molecule has 0 amide bonds. The summed E-state index contributed by atoms with van der Waals surface area (Å²) in [6.45, 7) is 0. The molecule has 0 spiro atoms. The number of rotatable bonds is 3. The monoisotopic (exact) mass is 432 g/mol. The van der Waals surface area contributed by atoms with Crippen molar-refractivity contribution < 1.29 is 86.6 Å². The van der Waals surface area contributed by atoms with E-state index in [9.17, 15) is 24.6 Å². The van der Waals surface area contributed by atoms with Gasteiger partial charge in [0.2, 0.25) is 0 Å². The molecule has 1 heterocycles. The van der Waals surface area contributed by atoms with Gasteiger partial charge < -0.3 is 0 Å². The van der Waals surface area contributed by atoms with Gasteiger partial charge in [-0.2, -0.15) is 0 Å². The van der Waals surface area contributed by atoms with Crippen LogP contribution in [0.15, 0.2) is 24.3 Å². The second-order valence-electron chi connectivity index (χ2n) is 3.12. The molecule has 0 radical (unpaired) electrons. The number of halogens is 1. The first-order valence-corrected chi connectivity index (χ1v) is 10.3. The molecule has 1 aromatic carbocycles. The summed E-state index contributed by atoms with van der Waals surface area (Å²) in [5, 5.41) is 0. The third-order valence-electron chi connectivity index (χ3n) is 1.87. The first-order valence-electron chi connectivity index (χ1n) is 4.15. The van der Waals surface area contributed by atoms with Crippen LogP contribution in [0.5, 0.6) is 0 Å². The van der Waals surface area contributed by atoms with Crippen LogP contribution in [0.4, 0.5) is 0 Å². The molecule has 0 fully saturated rings. The molecule has 102 valence electrons. The molecule has 0 saturated carbocycles. The topological polar surface area (TPSA) is 142 Å². The van der Waals surface area contributed by atoms with Crippen molar-refractivity contribution in [1.82, 2.24) is 0 Å². The predicted octanol–water partition coefficient (Wildman–Crippen LogP) is -3.34. The van der Waals surface area contributed by atoms with Gasteiger partial charge in [-0.1, -0.05) is 0 Å². The van der Waals surface area contributed by atoms with E-state index in [0.717, 1.165) is 6.07 Å². The summed E-state index contributed by atoms with van der Waals surface area (Å²) >= 11 is -6.50. The van der Waals surface area contributed by atoms with E-state index in [-0.39, 0.29) is 56.9 Å². The largest absolute Gasteiger partial charge is 1.00 e. The fourth-order valence-electron chi connectivity index (χ4n) is 1.24. The molecule has 12 heteroatoms. The van der Waals surface area contributed by atoms with E-state index in [0.29, 0.717) is 0 Å². The van der Waals surface area contributed by atoms with Gasteiger partial charge in [-0.05, 0) is 0 Å². The Labute approximate surface area is 153 Å². The molecule has 0 unspecified atom stereocenters. The smallest absolute Gasteiger partial charge is 1.00 e. The van der Waals surface area contributed by atoms with Crippen molar-refractivity contribution in [1.29, 1.82) is 0 Å². The van der Waals surface area contributed by atoms with E-state index in [1.165, 1.54) is 18.2 Å². The Morgan fingerprint density at radius 3 is 2.42 bits per heavy atom. The van der Waals surface area contributed by atoms with E-state index in [4.69, 9.17) is 0 Å². The van der Waals surface area contributed by atoms with Gasteiger partial charge in [0.25, 0.3) is 0 Å². The second kappa shape index (κ2) is 5.54. The van der Waals surface area contributed by atoms with Crippen LogP contribution in [-0.4, -0.2) is 25.8 Å². The zero-order chi connectivity index (χ0) is 13.6. The van der Waals surface area contributed by atoms with Gasteiger partial charge >= 0.3 is 155 Å². The number of hydrogen-bond acceptors (Lipinski definition) is 9. The molecule has 1 aromatic rings. The van der Waals surface area contributed by atoms with Crippen LogP contribution in [0.1, 0.15) is 10.4 Å². The molecule has 0 aliphatic carbocycles. The summed E-state index contributed by atoms with van der Waals surface area (Å²) in [5.41, 5.74) is -0.205. The minimum atomic E-state index is -6.50. The summed E-state index contributed by atoms with van der Waals surface area (Å²) < 4.78 is 61.6. The summed E-state index contributed by atoms with van der Waals surface area (Å²) in [5.74, 6) is -1.11. The number of fused-ring (bicyclic) bond motifs is 1. The van der Waals surface area contributed by atoms with Gasteiger partial charge in [0.15, 0.2) is 0 Å². The molecular weight excluding hydrogens is 426 g/mol. The van der Waals surface area contributed by atoms with Gasteiger partial charge in [-0.15, -0.1) is 0 Å². The number of hydrogen-bond donors (Lipinski definition) is 2. The average Bonchev–Trinajstić information content (AvgIpc) is 2.46. The van der Waals surface area contributed by atoms with E-state index >= 15 is 0 Å². The van der Waals surface area contributed by atoms with Crippen LogP contribution in [0.2, 0.25) is 0 Å². The Morgan fingerprint density at radius 2 is 1.84 bits per heavy atom. The van der Waals surface area contributed by atoms with Gasteiger partial charge in [-0.25, -0.2) is 0 Å². The maximum atomic E-state index is 11.4. The van der Waals surface area contributed by atoms with Crippen LogP contribution >= 0.6 is 18.7 Å². The molecule has 0 saturated heterocycles. The minimum Gasteiger partial charge on any atom is 1.00 e. The maximum absolute atomic E-state index is 11.4. The fourth-order valence-corrected chi connectivity index (χ4v) is 6.41. The number of benzene rings is 1. The van der Waals surface area contributed by atoms with Crippen LogP contribution < -0.4 is 51.4 Å². The van der Waals surface area contributed by atoms with Crippen LogP contribution in [0.3, 0.4) is 0 Å². The molecular formula is C7H6IKO9S. The number of carbonyl (C=O) groups excluding carboxylic acids is 1. The van der Waals surface area contributed by atoms with E-state index in [1.54, 1.807) is 0 Å². The Morgan fingerprint density at radius 1 is 1.26 bits per heavy atom. The van der Waals surface area contributed by atoms with E-state index in [1.807, 2.05) is 0 Å². The van der Waals surface area contributed by atoms with E-state index in [2.05, 4.69) is 10.6 Å². The van der Waals surface area contributed by atoms with Crippen LogP contribution in [0, 0.1) is 3.57 Å². The fraction of sp³-hybridized carbons (Fsp3) is 0. The van der Waals surface area contributed by atoms with Gasteiger partial charge in [0.05, 0.1) is 0 Å². The molecule has 9 nitrogen and oxygen atoms in total. The zero-order valence-electron chi connectivity index (χ0n) is 9.35. The third kappa shape index (κ3) is 3.72. The molecule has 19 heavy (non-hydrogen) atoms. The first-order chi connectivity index (χ1) is 8.11. The van der Waals surface area contributed by atoms with Crippen molar-refractivity contribution in [3.8, 4) is 0 Å². The summed E-state index contributed by atoms with van der Waals surface area (Å²) in [6.07, 6.45) is 0. The Balaban J connectivity index is 0.00000180. The van der Waals surface area contributed by atoms with Crippen molar-refractivity contribution in [2.75, 3.05) is 0 Å². The van der Waals surface area contributed by atoms with Crippen LogP contribution in [-0.2, 0) is 21.0 Å². The van der Waals surface area contributed by atoms with Gasteiger partial charge in [0, 0.05) is 0 Å². The van der Waals surface area contributed by atoms with Crippen molar-refractivity contribution in [2.45, 2.75) is 0 Å². The van der Waals surface area contributed by atoms with E-state index < -0.39 is 38.6 Å². The number of carbonyl (C=O) groups is 1. The maximum Gasteiger partial charge on any atom is 1.00 e. The van der Waals surface area contributed by atoms with Crippen molar-refractivity contribution in [3.63, 3.8) is 0 Å². The minimum absolute atomic E-state index is 0. The SMILES string of the molecule is O=C1OI(O)(O)(OOS(=O)(=O)[O-])c2ccccc21.[K+]. The molecule has 1 aliphatic rings. The Kier molecular flexibility index (Phi) is 5.21. The molecule has 0 atom stereocenters. The van der Waals surface area contributed by atoms with Crippen molar-refractivity contribution in [3.05, 3.63) is 33.4 Å². The summed E-state index contributed by atoms with van der Waals surface area (Å²) in [7, 11) is -5.34. The molecule has 0 bridgehead atoms. The van der Waals surface area contributed by atoms with Crippen LogP contribution in [0.25, 0.3) is 0 Å². The molecule has 1 aliphatic heterocycles. The average molecular weight is 432 g/mol. The Hall–Kier alpha value is 0.806. The molecule has 0 aromatic heterocycles. The normalized spacial score (nSPS) is 21.4. The van der Waals surface area contributed by atoms with Crippen molar-refractivity contribution >= 4 is 35.1 Å². The van der Waals surface area contributed by atoms with Crippen molar-refractivity contribution in [2.24, 2.45) is 0 Å². The second-order valence-corrected chi connectivity index (χ2v) is 10.2. The summed E-state index contributed by atoms with van der Waals surface area (Å²) in [6, 6.07) is 5.06. The molecule has 2 N–H and O–H groups in total. The standard InChI is InChI=1S/C7H7IO9S.K/c9-7-5-3-1-2-4-6(5)8(10,11,15-7)16-17-18(12,13)14;/h1-4,10-11H,(H,12,13,14);/q;+1/p-1. The quantitative estimate of drug-likeness (QED) is 0.125. The van der Waals surface area contributed by atoms with Gasteiger partial charge in [-0.3, -0.25) is 0 Å². The molecule has 2 rings (SSSR count).